The summed E-state index contributed by atoms with van der Waals surface area (Å²) in [5, 5.41) is 3.32. The molecule has 28 heavy (non-hydrogen) atoms. The molecule has 1 aliphatic heterocycles. The van der Waals surface area contributed by atoms with Gasteiger partial charge >= 0.3 is 0 Å². The van der Waals surface area contributed by atoms with Gasteiger partial charge in [0.25, 0.3) is 5.91 Å². The van der Waals surface area contributed by atoms with Crippen molar-refractivity contribution < 1.29 is 14.3 Å². The van der Waals surface area contributed by atoms with Crippen molar-refractivity contribution in [3.05, 3.63) is 58.7 Å². The maximum absolute atomic E-state index is 12.6. The van der Waals surface area contributed by atoms with Crippen LogP contribution in [0.1, 0.15) is 5.69 Å². The average Bonchev–Trinajstić information content (AvgIpc) is 3.04. The molecule has 3 aromatic rings. The van der Waals surface area contributed by atoms with Gasteiger partial charge in [-0.2, -0.15) is 0 Å². The van der Waals surface area contributed by atoms with Crippen LogP contribution in [0.15, 0.2) is 53.0 Å². The fourth-order valence-corrected chi connectivity index (χ4v) is 4.29. The zero-order valence-electron chi connectivity index (χ0n) is 14.9. The Morgan fingerprint density at radius 1 is 1.29 bits per heavy atom. The van der Waals surface area contributed by atoms with Crippen molar-refractivity contribution in [2.45, 2.75) is 6.92 Å². The zero-order valence-corrected chi connectivity index (χ0v) is 17.3. The third-order valence-electron chi connectivity index (χ3n) is 4.25. The smallest absolute Gasteiger partial charge is 0.265 e. The van der Waals surface area contributed by atoms with Crippen LogP contribution in [0.4, 0.5) is 10.8 Å². The van der Waals surface area contributed by atoms with E-state index in [2.05, 4.69) is 26.2 Å². The minimum absolute atomic E-state index is 0.0920. The largest absolute Gasteiger partial charge is 0.482 e. The second kappa shape index (κ2) is 7.73. The lowest BCUT2D eigenvalue weighted by Crippen LogP contribution is -2.43. The molecule has 0 saturated carbocycles. The number of rotatable bonds is 4. The van der Waals surface area contributed by atoms with Crippen LogP contribution in [-0.4, -0.2) is 29.9 Å². The first kappa shape index (κ1) is 18.6. The van der Waals surface area contributed by atoms with Crippen molar-refractivity contribution in [1.29, 1.82) is 0 Å². The second-order valence-electron chi connectivity index (χ2n) is 6.23. The quantitative estimate of drug-likeness (QED) is 0.635. The van der Waals surface area contributed by atoms with Gasteiger partial charge in [0.05, 0.1) is 16.3 Å². The van der Waals surface area contributed by atoms with Gasteiger partial charge < -0.3 is 10.1 Å². The molecular weight excluding hydrogens is 442 g/mol. The molecule has 2 amide bonds. The Balaban J connectivity index is 1.51. The molecule has 2 heterocycles. The summed E-state index contributed by atoms with van der Waals surface area (Å²) in [5.41, 5.74) is 2.49. The molecule has 0 unspecified atom stereocenters. The van der Waals surface area contributed by atoms with Crippen LogP contribution in [0.25, 0.3) is 10.4 Å². The number of hydrogen-bond donors (Lipinski definition) is 1. The third-order valence-corrected chi connectivity index (χ3v) is 5.86. The van der Waals surface area contributed by atoms with Gasteiger partial charge in [0.2, 0.25) is 5.91 Å². The number of fused-ring (bicyclic) bond motifs is 1. The number of aryl methyl sites for hydroxylation is 1. The van der Waals surface area contributed by atoms with Gasteiger partial charge in [0, 0.05) is 4.47 Å². The molecule has 0 aliphatic carbocycles. The Labute approximate surface area is 174 Å². The minimum atomic E-state index is -0.308. The Hall–Kier alpha value is -2.71. The van der Waals surface area contributed by atoms with Crippen molar-refractivity contribution >= 4 is 49.9 Å². The lowest BCUT2D eigenvalue weighted by atomic mass is 10.2. The molecule has 0 spiro atoms. The first-order valence-electron chi connectivity index (χ1n) is 8.56. The summed E-state index contributed by atoms with van der Waals surface area (Å²) in [5.74, 6) is 0.000906. The fraction of sp³-hybridized carbons (Fsp3) is 0.150. The number of carbonyl (C=O) groups excluding carboxylic acids is 2. The molecule has 0 saturated heterocycles. The normalized spacial score (nSPS) is 13.1. The lowest BCUT2D eigenvalue weighted by Gasteiger charge is -2.28. The van der Waals surface area contributed by atoms with Crippen LogP contribution in [0, 0.1) is 6.92 Å². The van der Waals surface area contributed by atoms with Crippen LogP contribution < -0.4 is 15.0 Å². The number of thiazole rings is 1. The van der Waals surface area contributed by atoms with E-state index in [1.54, 1.807) is 12.1 Å². The molecule has 0 bridgehead atoms. The van der Waals surface area contributed by atoms with E-state index >= 15 is 0 Å². The molecule has 4 rings (SSSR count). The van der Waals surface area contributed by atoms with Gasteiger partial charge in [-0.25, -0.2) is 4.98 Å². The summed E-state index contributed by atoms with van der Waals surface area (Å²) >= 11 is 4.79. The lowest BCUT2D eigenvalue weighted by molar-refractivity contribution is -0.123. The molecule has 1 aliphatic rings. The SMILES string of the molecule is Cc1nc(NC(=O)CN2C(=O)COc3cc(Br)ccc32)sc1-c1ccccc1. The Morgan fingerprint density at radius 2 is 2.07 bits per heavy atom. The number of anilines is 2. The van der Waals surface area contributed by atoms with Crippen molar-refractivity contribution in [1.82, 2.24) is 4.98 Å². The number of nitrogens with zero attached hydrogens (tertiary/aromatic N) is 2. The summed E-state index contributed by atoms with van der Waals surface area (Å²) in [6.45, 7) is 1.72. The molecule has 0 fully saturated rings. The maximum atomic E-state index is 12.6. The van der Waals surface area contributed by atoms with Gasteiger partial charge in [-0.05, 0) is 30.7 Å². The summed E-state index contributed by atoms with van der Waals surface area (Å²) < 4.78 is 6.30. The third kappa shape index (κ3) is 3.79. The van der Waals surface area contributed by atoms with E-state index in [1.807, 2.05) is 43.3 Å². The number of ether oxygens (including phenoxy) is 1. The molecule has 1 N–H and O–H groups in total. The average molecular weight is 458 g/mol. The van der Waals surface area contributed by atoms with Crippen LogP contribution in [0.5, 0.6) is 5.75 Å². The standard InChI is InChI=1S/C20H16BrN3O3S/c1-12-19(13-5-3-2-4-6-13)28-20(22-12)23-17(25)10-24-15-8-7-14(21)9-16(15)27-11-18(24)26/h2-9H,10-11H2,1H3,(H,22,23,25). The number of aromatic nitrogens is 1. The van der Waals surface area contributed by atoms with Crippen LogP contribution in [0.2, 0.25) is 0 Å². The summed E-state index contributed by atoms with van der Waals surface area (Å²) in [4.78, 5) is 31.7. The van der Waals surface area contributed by atoms with E-state index in [4.69, 9.17) is 4.74 Å². The molecule has 6 nitrogen and oxygen atoms in total. The van der Waals surface area contributed by atoms with Gasteiger partial charge in [-0.1, -0.05) is 57.6 Å². The second-order valence-corrected chi connectivity index (χ2v) is 8.14. The maximum Gasteiger partial charge on any atom is 0.265 e. The Morgan fingerprint density at radius 3 is 2.86 bits per heavy atom. The van der Waals surface area contributed by atoms with Crippen LogP contribution >= 0.6 is 27.3 Å². The van der Waals surface area contributed by atoms with Crippen LogP contribution in [-0.2, 0) is 9.59 Å². The highest BCUT2D eigenvalue weighted by Crippen LogP contribution is 2.35. The number of nitrogens with one attached hydrogen (secondary N) is 1. The van der Waals surface area contributed by atoms with Gasteiger partial charge in [-0.15, -0.1) is 0 Å². The van der Waals surface area contributed by atoms with Crippen molar-refractivity contribution in [2.24, 2.45) is 0 Å². The summed E-state index contributed by atoms with van der Waals surface area (Å²) in [6.07, 6.45) is 0. The number of benzene rings is 2. The number of hydrogen-bond acceptors (Lipinski definition) is 5. The molecule has 142 valence electrons. The molecule has 8 heteroatoms. The van der Waals surface area contributed by atoms with E-state index in [1.165, 1.54) is 16.2 Å². The molecule has 2 aromatic carbocycles. The minimum Gasteiger partial charge on any atom is -0.482 e. The highest BCUT2D eigenvalue weighted by Gasteiger charge is 2.27. The number of halogens is 1. The highest BCUT2D eigenvalue weighted by atomic mass is 79.9. The predicted octanol–water partition coefficient (Wildman–Crippen LogP) is 4.25. The monoisotopic (exact) mass is 457 g/mol. The van der Waals surface area contributed by atoms with Crippen LogP contribution in [0.3, 0.4) is 0 Å². The van der Waals surface area contributed by atoms with Crippen molar-refractivity contribution in [2.75, 3.05) is 23.4 Å². The van der Waals surface area contributed by atoms with Gasteiger partial charge in [-0.3, -0.25) is 14.5 Å². The van der Waals surface area contributed by atoms with Crippen molar-refractivity contribution in [3.63, 3.8) is 0 Å². The first-order valence-corrected chi connectivity index (χ1v) is 10.2. The highest BCUT2D eigenvalue weighted by molar-refractivity contribution is 9.10. The first-order chi connectivity index (χ1) is 13.5. The number of amides is 2. The summed E-state index contributed by atoms with van der Waals surface area (Å²) in [7, 11) is 0. The summed E-state index contributed by atoms with van der Waals surface area (Å²) in [6, 6.07) is 15.2. The molecular formula is C20H16BrN3O3S. The molecule has 0 radical (unpaired) electrons. The van der Waals surface area contributed by atoms with E-state index in [-0.39, 0.29) is 25.0 Å². The van der Waals surface area contributed by atoms with E-state index in [0.29, 0.717) is 16.6 Å². The van der Waals surface area contributed by atoms with Crippen molar-refractivity contribution in [3.8, 4) is 16.2 Å². The topological polar surface area (TPSA) is 71.5 Å². The van der Waals surface area contributed by atoms with E-state index in [9.17, 15) is 9.59 Å². The zero-order chi connectivity index (χ0) is 19.7. The van der Waals surface area contributed by atoms with Gasteiger partial charge in [0.15, 0.2) is 11.7 Å². The molecule has 1 aromatic heterocycles. The molecule has 0 atom stereocenters. The van der Waals surface area contributed by atoms with E-state index in [0.717, 1.165) is 20.6 Å². The number of carbonyl (C=O) groups is 2. The van der Waals surface area contributed by atoms with Gasteiger partial charge in [0.1, 0.15) is 12.3 Å². The predicted molar refractivity (Wildman–Crippen MR) is 113 cm³/mol. The fourth-order valence-electron chi connectivity index (χ4n) is 2.96. The Kier molecular flexibility index (Phi) is 5.15. The Bertz CT molecular complexity index is 1050. The van der Waals surface area contributed by atoms with E-state index < -0.39 is 0 Å².